The second-order valence-electron chi connectivity index (χ2n) is 4.43. The van der Waals surface area contributed by atoms with E-state index in [2.05, 4.69) is 15.0 Å². The molecular formula is C14H11ClN4O2S. The average Bonchev–Trinajstić information content (AvgIpc) is 3.04. The van der Waals surface area contributed by atoms with E-state index in [1.165, 1.54) is 23.0 Å². The maximum absolute atomic E-state index is 12.4. The zero-order valence-corrected chi connectivity index (χ0v) is 12.8. The molecule has 3 aromatic rings. The van der Waals surface area contributed by atoms with Gasteiger partial charge in [-0.25, -0.2) is 13.1 Å². The molecule has 0 saturated heterocycles. The molecule has 0 unspecified atom stereocenters. The highest BCUT2D eigenvalue weighted by molar-refractivity contribution is 7.92. The van der Waals surface area contributed by atoms with E-state index in [4.69, 9.17) is 11.6 Å². The Hall–Kier alpha value is -2.38. The molecule has 2 aromatic carbocycles. The number of benzene rings is 2. The van der Waals surface area contributed by atoms with Gasteiger partial charge in [0.2, 0.25) is 0 Å². The molecule has 0 aliphatic rings. The number of hydrogen-bond donors (Lipinski definition) is 1. The highest BCUT2D eigenvalue weighted by Crippen LogP contribution is 2.26. The molecule has 0 radical (unpaired) electrons. The lowest BCUT2D eigenvalue weighted by molar-refractivity contribution is 0.601. The number of sulfonamides is 1. The van der Waals surface area contributed by atoms with E-state index < -0.39 is 10.0 Å². The van der Waals surface area contributed by atoms with Gasteiger partial charge in [0.15, 0.2) is 0 Å². The molecule has 112 valence electrons. The molecule has 1 N–H and O–H groups in total. The van der Waals surface area contributed by atoms with Crippen LogP contribution in [0.5, 0.6) is 0 Å². The van der Waals surface area contributed by atoms with E-state index in [-0.39, 0.29) is 4.90 Å². The Morgan fingerprint density at radius 3 is 2.55 bits per heavy atom. The predicted molar refractivity (Wildman–Crippen MR) is 83.6 cm³/mol. The van der Waals surface area contributed by atoms with E-state index in [0.717, 1.165) is 0 Å². The van der Waals surface area contributed by atoms with Crippen molar-refractivity contribution in [2.24, 2.45) is 0 Å². The maximum Gasteiger partial charge on any atom is 0.261 e. The van der Waals surface area contributed by atoms with Crippen LogP contribution in [0.2, 0.25) is 5.02 Å². The molecule has 0 fully saturated rings. The van der Waals surface area contributed by atoms with Crippen LogP contribution in [0, 0.1) is 0 Å². The number of aromatic nitrogens is 3. The first-order chi connectivity index (χ1) is 10.6. The first-order valence-corrected chi connectivity index (χ1v) is 8.16. The third-order valence-electron chi connectivity index (χ3n) is 2.93. The molecule has 22 heavy (non-hydrogen) atoms. The standard InChI is InChI=1S/C14H11ClN4O2S/c15-11-6-7-13(14(10-11)19-9-8-16-18-19)17-22(20,21)12-4-2-1-3-5-12/h1-10,17H. The minimum atomic E-state index is -3.69. The monoisotopic (exact) mass is 334 g/mol. The lowest BCUT2D eigenvalue weighted by atomic mass is 10.3. The summed E-state index contributed by atoms with van der Waals surface area (Å²) < 4.78 is 28.8. The maximum atomic E-state index is 12.4. The molecular weight excluding hydrogens is 324 g/mol. The number of hydrogen-bond acceptors (Lipinski definition) is 4. The molecule has 6 nitrogen and oxygen atoms in total. The predicted octanol–water partition coefficient (Wildman–Crippen LogP) is 2.72. The van der Waals surface area contributed by atoms with Gasteiger partial charge < -0.3 is 0 Å². The summed E-state index contributed by atoms with van der Waals surface area (Å²) in [5.74, 6) is 0. The molecule has 0 aliphatic carbocycles. The van der Waals surface area contributed by atoms with Gasteiger partial charge in [-0.3, -0.25) is 4.72 Å². The molecule has 0 bridgehead atoms. The van der Waals surface area contributed by atoms with Gasteiger partial charge in [-0.05, 0) is 30.3 Å². The summed E-state index contributed by atoms with van der Waals surface area (Å²) in [4.78, 5) is 0.175. The van der Waals surface area contributed by atoms with Crippen LogP contribution in [0.3, 0.4) is 0 Å². The molecule has 1 heterocycles. The average molecular weight is 335 g/mol. The molecule has 8 heteroatoms. The summed E-state index contributed by atoms with van der Waals surface area (Å²) in [5, 5.41) is 8.05. The van der Waals surface area contributed by atoms with Crippen molar-refractivity contribution in [1.29, 1.82) is 0 Å². The quantitative estimate of drug-likeness (QED) is 0.795. The Morgan fingerprint density at radius 1 is 1.09 bits per heavy atom. The fourth-order valence-electron chi connectivity index (χ4n) is 1.92. The second kappa shape index (κ2) is 5.78. The number of halogens is 1. The third-order valence-corrected chi connectivity index (χ3v) is 4.54. The minimum absolute atomic E-state index is 0.175. The van der Waals surface area contributed by atoms with Crippen LogP contribution in [0.4, 0.5) is 5.69 Å². The van der Waals surface area contributed by atoms with E-state index >= 15 is 0 Å². The summed E-state index contributed by atoms with van der Waals surface area (Å²) in [6, 6.07) is 12.9. The lowest BCUT2D eigenvalue weighted by Gasteiger charge is -2.12. The summed E-state index contributed by atoms with van der Waals surface area (Å²) >= 11 is 5.98. The van der Waals surface area contributed by atoms with Gasteiger partial charge in [0, 0.05) is 5.02 Å². The fraction of sp³-hybridized carbons (Fsp3) is 0. The fourth-order valence-corrected chi connectivity index (χ4v) is 3.18. The van der Waals surface area contributed by atoms with Crippen LogP contribution >= 0.6 is 11.6 Å². The number of rotatable bonds is 4. The van der Waals surface area contributed by atoms with E-state index in [1.54, 1.807) is 42.6 Å². The van der Waals surface area contributed by atoms with Crippen molar-refractivity contribution in [2.45, 2.75) is 4.90 Å². The van der Waals surface area contributed by atoms with Crippen molar-refractivity contribution in [1.82, 2.24) is 15.0 Å². The normalized spacial score (nSPS) is 11.3. The van der Waals surface area contributed by atoms with Crippen LogP contribution in [-0.2, 0) is 10.0 Å². The highest BCUT2D eigenvalue weighted by Gasteiger charge is 2.16. The highest BCUT2D eigenvalue weighted by atomic mass is 35.5. The summed E-state index contributed by atoms with van der Waals surface area (Å²) in [6.07, 6.45) is 3.10. The van der Waals surface area contributed by atoms with Crippen LogP contribution in [0.15, 0.2) is 65.8 Å². The first kappa shape index (κ1) is 14.6. The van der Waals surface area contributed by atoms with Gasteiger partial charge in [-0.1, -0.05) is 35.0 Å². The van der Waals surface area contributed by atoms with Crippen molar-refractivity contribution in [3.05, 3.63) is 65.9 Å². The molecule has 3 rings (SSSR count). The van der Waals surface area contributed by atoms with E-state index in [1.807, 2.05) is 0 Å². The van der Waals surface area contributed by atoms with Gasteiger partial charge in [0.1, 0.15) is 0 Å². The van der Waals surface area contributed by atoms with Gasteiger partial charge in [0.05, 0.1) is 28.7 Å². The summed E-state index contributed by atoms with van der Waals surface area (Å²) in [7, 11) is -3.69. The zero-order valence-electron chi connectivity index (χ0n) is 11.2. The topological polar surface area (TPSA) is 76.9 Å². The van der Waals surface area contributed by atoms with Crippen molar-refractivity contribution in [3.63, 3.8) is 0 Å². The Balaban J connectivity index is 2.03. The smallest absolute Gasteiger partial charge is 0.261 e. The molecule has 0 atom stereocenters. The summed E-state index contributed by atoms with van der Waals surface area (Å²) in [6.45, 7) is 0. The Bertz CT molecular complexity index is 880. The van der Waals surface area contributed by atoms with Crippen LogP contribution in [0.25, 0.3) is 5.69 Å². The van der Waals surface area contributed by atoms with Crippen LogP contribution in [0.1, 0.15) is 0 Å². The van der Waals surface area contributed by atoms with E-state index in [9.17, 15) is 8.42 Å². The zero-order chi connectivity index (χ0) is 15.6. The van der Waals surface area contributed by atoms with Gasteiger partial charge >= 0.3 is 0 Å². The third kappa shape index (κ3) is 2.95. The van der Waals surface area contributed by atoms with Crippen molar-refractivity contribution in [2.75, 3.05) is 4.72 Å². The Labute approximate surface area is 132 Å². The number of nitrogens with one attached hydrogen (secondary N) is 1. The minimum Gasteiger partial charge on any atom is -0.277 e. The van der Waals surface area contributed by atoms with Gasteiger partial charge in [-0.15, -0.1) is 5.10 Å². The van der Waals surface area contributed by atoms with Crippen molar-refractivity contribution < 1.29 is 8.42 Å². The van der Waals surface area contributed by atoms with Crippen molar-refractivity contribution >= 4 is 27.3 Å². The van der Waals surface area contributed by atoms with E-state index in [0.29, 0.717) is 16.4 Å². The van der Waals surface area contributed by atoms with Crippen LogP contribution in [-0.4, -0.2) is 23.4 Å². The second-order valence-corrected chi connectivity index (χ2v) is 6.55. The van der Waals surface area contributed by atoms with Gasteiger partial charge in [-0.2, -0.15) is 0 Å². The summed E-state index contributed by atoms with van der Waals surface area (Å²) in [5.41, 5.74) is 0.850. The molecule has 0 aliphatic heterocycles. The number of anilines is 1. The first-order valence-electron chi connectivity index (χ1n) is 6.30. The Kier molecular flexibility index (Phi) is 3.82. The van der Waals surface area contributed by atoms with Crippen LogP contribution < -0.4 is 4.72 Å². The molecule has 0 spiro atoms. The molecule has 1 aromatic heterocycles. The molecule has 0 saturated carbocycles. The SMILES string of the molecule is O=S(=O)(Nc1ccc(Cl)cc1-n1ccnn1)c1ccccc1. The van der Waals surface area contributed by atoms with Gasteiger partial charge in [0.25, 0.3) is 10.0 Å². The van der Waals surface area contributed by atoms with Crippen molar-refractivity contribution in [3.8, 4) is 5.69 Å². The lowest BCUT2D eigenvalue weighted by Crippen LogP contribution is -2.14. The number of nitrogens with zero attached hydrogens (tertiary/aromatic N) is 3. The molecule has 0 amide bonds. The Morgan fingerprint density at radius 2 is 1.86 bits per heavy atom. The largest absolute Gasteiger partial charge is 0.277 e.